The Morgan fingerprint density at radius 3 is 2.52 bits per heavy atom. The Morgan fingerprint density at radius 2 is 1.80 bits per heavy atom. The molecule has 1 saturated heterocycles. The van der Waals surface area contributed by atoms with Gasteiger partial charge in [0.1, 0.15) is 11.4 Å². The number of benzene rings is 2. The van der Waals surface area contributed by atoms with E-state index in [1.165, 1.54) is 0 Å². The first-order valence-electron chi connectivity index (χ1n) is 13.6. The van der Waals surface area contributed by atoms with Crippen molar-refractivity contribution in [3.05, 3.63) is 102 Å². The summed E-state index contributed by atoms with van der Waals surface area (Å²) in [5, 5.41) is 2.83. The lowest BCUT2D eigenvalue weighted by atomic mass is 9.85. The van der Waals surface area contributed by atoms with Crippen molar-refractivity contribution in [2.75, 3.05) is 41.0 Å². The highest BCUT2D eigenvalue weighted by atomic mass is 16.2. The van der Waals surface area contributed by atoms with Crippen LogP contribution in [-0.4, -0.2) is 48.2 Å². The third kappa shape index (κ3) is 4.66. The van der Waals surface area contributed by atoms with Gasteiger partial charge in [-0.15, -0.1) is 0 Å². The average Bonchev–Trinajstić information content (AvgIpc) is 3.09. The number of aromatic nitrogens is 1. The number of nitrogens with zero attached hydrogens (tertiary/aromatic N) is 4. The fraction of sp³-hybridized carbons (Fsp3) is 0.250. The first kappa shape index (κ1) is 25.6. The number of nitrogen functional groups attached to an aromatic ring is 1. The zero-order valence-corrected chi connectivity index (χ0v) is 22.5. The number of likely N-dealkylation sites (N-methyl/N-ethyl adjacent to an activating group) is 1. The first-order chi connectivity index (χ1) is 19.4. The normalized spacial score (nSPS) is 19.7. The van der Waals surface area contributed by atoms with Gasteiger partial charge in [-0.1, -0.05) is 54.6 Å². The summed E-state index contributed by atoms with van der Waals surface area (Å²) in [6.07, 6.45) is 12.1. The summed E-state index contributed by atoms with van der Waals surface area (Å²) in [5.41, 5.74) is 9.55. The number of para-hydroxylation sites is 3. The molecule has 1 spiro atoms. The van der Waals surface area contributed by atoms with Gasteiger partial charge in [-0.2, -0.15) is 0 Å². The van der Waals surface area contributed by atoms with E-state index in [4.69, 9.17) is 10.7 Å². The number of carbonyl (C=O) groups excluding carboxylic acids is 2. The molecule has 8 heteroatoms. The van der Waals surface area contributed by atoms with Crippen LogP contribution in [0.3, 0.4) is 0 Å². The number of hydrogen-bond acceptors (Lipinski definition) is 6. The topological polar surface area (TPSA) is 104 Å². The molecule has 1 atom stereocenters. The van der Waals surface area contributed by atoms with Crippen molar-refractivity contribution < 1.29 is 9.59 Å². The molecule has 1 unspecified atom stereocenters. The van der Waals surface area contributed by atoms with Crippen LogP contribution < -0.4 is 20.9 Å². The largest absolute Gasteiger partial charge is 0.397 e. The Labute approximate surface area is 233 Å². The molecule has 1 fully saturated rings. The minimum absolute atomic E-state index is 0.0325. The summed E-state index contributed by atoms with van der Waals surface area (Å²) in [5.74, 6) is 0.666. The van der Waals surface area contributed by atoms with Gasteiger partial charge in [0.25, 0.3) is 11.8 Å². The number of piperidine rings is 1. The Bertz CT molecular complexity index is 1530. The SMILES string of the molecule is CN1C(=O)C2(CCN(c3ccc(C(=O)Nc4ccccc4N)cn3)CC2)N=C(C2C=CC=CC2)c2ccccc21. The van der Waals surface area contributed by atoms with Gasteiger partial charge in [-0.3, -0.25) is 14.6 Å². The van der Waals surface area contributed by atoms with Crippen LogP contribution in [0.1, 0.15) is 35.2 Å². The van der Waals surface area contributed by atoms with Gasteiger partial charge < -0.3 is 20.9 Å². The van der Waals surface area contributed by atoms with E-state index in [0.29, 0.717) is 42.9 Å². The maximum absolute atomic E-state index is 13.9. The molecule has 0 saturated carbocycles. The number of nitrogens with two attached hydrogens (primary N) is 1. The molecule has 6 rings (SSSR count). The van der Waals surface area contributed by atoms with E-state index in [2.05, 4.69) is 45.6 Å². The number of anilines is 4. The molecule has 3 heterocycles. The maximum atomic E-state index is 13.9. The van der Waals surface area contributed by atoms with Crippen molar-refractivity contribution in [1.29, 1.82) is 0 Å². The molecule has 3 aromatic rings. The molecule has 3 N–H and O–H groups in total. The molecular formula is C32H32N6O2. The van der Waals surface area contributed by atoms with Crippen LogP contribution in [0.4, 0.5) is 22.9 Å². The van der Waals surface area contributed by atoms with Crippen LogP contribution in [0.25, 0.3) is 0 Å². The van der Waals surface area contributed by atoms with Crippen molar-refractivity contribution in [2.45, 2.75) is 24.8 Å². The van der Waals surface area contributed by atoms with Crippen LogP contribution in [-0.2, 0) is 4.79 Å². The van der Waals surface area contributed by atoms with Gasteiger partial charge in [0.15, 0.2) is 0 Å². The van der Waals surface area contributed by atoms with E-state index in [0.717, 1.165) is 29.2 Å². The summed E-state index contributed by atoms with van der Waals surface area (Å²) in [7, 11) is 1.86. The number of fused-ring (bicyclic) bond motifs is 1. The molecule has 0 bridgehead atoms. The van der Waals surface area contributed by atoms with Gasteiger partial charge in [-0.25, -0.2) is 4.98 Å². The highest BCUT2D eigenvalue weighted by Gasteiger charge is 2.46. The summed E-state index contributed by atoms with van der Waals surface area (Å²) >= 11 is 0. The maximum Gasteiger partial charge on any atom is 0.257 e. The molecular weight excluding hydrogens is 500 g/mol. The number of amides is 2. The van der Waals surface area contributed by atoms with E-state index < -0.39 is 5.54 Å². The molecule has 3 aliphatic rings. The lowest BCUT2D eigenvalue weighted by Gasteiger charge is -2.40. The molecule has 0 radical (unpaired) electrons. The van der Waals surface area contributed by atoms with Gasteiger partial charge in [0, 0.05) is 37.8 Å². The van der Waals surface area contributed by atoms with E-state index in [1.807, 2.05) is 43.4 Å². The summed E-state index contributed by atoms with van der Waals surface area (Å²) in [4.78, 5) is 40.5. The zero-order valence-electron chi connectivity index (χ0n) is 22.5. The monoisotopic (exact) mass is 532 g/mol. The predicted octanol–water partition coefficient (Wildman–Crippen LogP) is 4.85. The lowest BCUT2D eigenvalue weighted by molar-refractivity contribution is -0.123. The molecule has 202 valence electrons. The second-order valence-corrected chi connectivity index (χ2v) is 10.5. The molecule has 40 heavy (non-hydrogen) atoms. The fourth-order valence-electron chi connectivity index (χ4n) is 5.75. The van der Waals surface area contributed by atoms with Crippen LogP contribution >= 0.6 is 0 Å². The number of carbonyl (C=O) groups is 2. The highest BCUT2D eigenvalue weighted by molar-refractivity contribution is 6.15. The highest BCUT2D eigenvalue weighted by Crippen LogP contribution is 2.38. The average molecular weight is 533 g/mol. The zero-order chi connectivity index (χ0) is 27.7. The summed E-state index contributed by atoms with van der Waals surface area (Å²) < 4.78 is 0. The standard InChI is InChI=1S/C32H32N6O2/c1-37-27-14-8-5-11-24(27)29(22-9-3-2-4-10-22)36-32(31(37)40)17-19-38(20-18-32)28-16-15-23(21-34-28)30(39)35-26-13-7-6-12-25(26)33/h2-9,11-16,21-22H,10,17-20,33H2,1H3,(H,35,39). The molecule has 1 aromatic heterocycles. The van der Waals surface area contributed by atoms with Gasteiger partial charge >= 0.3 is 0 Å². The van der Waals surface area contributed by atoms with E-state index in [1.54, 1.807) is 29.3 Å². The third-order valence-electron chi connectivity index (χ3n) is 8.04. The van der Waals surface area contributed by atoms with Crippen molar-refractivity contribution in [1.82, 2.24) is 4.98 Å². The van der Waals surface area contributed by atoms with Crippen LogP contribution in [0.2, 0.25) is 0 Å². The number of aliphatic imine (C=N–C) groups is 1. The van der Waals surface area contributed by atoms with Crippen molar-refractivity contribution in [3.8, 4) is 0 Å². The van der Waals surface area contributed by atoms with Crippen LogP contribution in [0, 0.1) is 5.92 Å². The van der Waals surface area contributed by atoms with Gasteiger partial charge in [-0.05, 0) is 49.6 Å². The van der Waals surface area contributed by atoms with Crippen LogP contribution in [0.15, 0.2) is 96.2 Å². The third-order valence-corrected chi connectivity index (χ3v) is 8.04. The first-order valence-corrected chi connectivity index (χ1v) is 13.6. The number of pyridine rings is 1. The second kappa shape index (κ2) is 10.4. The minimum Gasteiger partial charge on any atom is -0.397 e. The Hall–Kier alpha value is -4.72. The van der Waals surface area contributed by atoms with Crippen molar-refractivity contribution in [3.63, 3.8) is 0 Å². The predicted molar refractivity (Wildman–Crippen MR) is 160 cm³/mol. The molecule has 1 aliphatic carbocycles. The molecule has 2 aromatic carbocycles. The molecule has 2 amide bonds. The Balaban J connectivity index is 1.22. The number of rotatable bonds is 4. The molecule has 8 nitrogen and oxygen atoms in total. The van der Waals surface area contributed by atoms with E-state index in [-0.39, 0.29) is 17.7 Å². The smallest absolute Gasteiger partial charge is 0.257 e. The Kier molecular flexibility index (Phi) is 6.67. The Morgan fingerprint density at radius 1 is 1.02 bits per heavy atom. The lowest BCUT2D eigenvalue weighted by Crippen LogP contribution is -2.53. The fourth-order valence-corrected chi connectivity index (χ4v) is 5.75. The summed E-state index contributed by atoms with van der Waals surface area (Å²) in [6, 6.07) is 18.8. The number of hydrogen-bond donors (Lipinski definition) is 2. The van der Waals surface area contributed by atoms with Crippen molar-refractivity contribution in [2.24, 2.45) is 10.9 Å². The van der Waals surface area contributed by atoms with Gasteiger partial charge in [0.2, 0.25) is 0 Å². The van der Waals surface area contributed by atoms with Crippen LogP contribution in [0.5, 0.6) is 0 Å². The summed E-state index contributed by atoms with van der Waals surface area (Å²) in [6.45, 7) is 1.26. The van der Waals surface area contributed by atoms with E-state index in [9.17, 15) is 9.59 Å². The van der Waals surface area contributed by atoms with Crippen molar-refractivity contribution >= 4 is 40.4 Å². The second-order valence-electron chi connectivity index (χ2n) is 10.5. The quantitative estimate of drug-likeness (QED) is 0.468. The minimum atomic E-state index is -0.829. The van der Waals surface area contributed by atoms with E-state index >= 15 is 0 Å². The van der Waals surface area contributed by atoms with Gasteiger partial charge in [0.05, 0.1) is 28.3 Å². The molecule has 2 aliphatic heterocycles. The number of nitrogens with one attached hydrogen (secondary N) is 1. The number of allylic oxidation sites excluding steroid dienone is 4.